The number of halogens is 1. The van der Waals surface area contributed by atoms with Gasteiger partial charge < -0.3 is 10.1 Å². The summed E-state index contributed by atoms with van der Waals surface area (Å²) >= 11 is 6.07. The van der Waals surface area contributed by atoms with Crippen LogP contribution in [0, 0.1) is 5.92 Å². The van der Waals surface area contributed by atoms with Crippen molar-refractivity contribution in [2.75, 3.05) is 13.7 Å². The molecule has 114 valence electrons. The van der Waals surface area contributed by atoms with Gasteiger partial charge in [0.25, 0.3) is 0 Å². The highest BCUT2D eigenvalue weighted by molar-refractivity contribution is 6.30. The van der Waals surface area contributed by atoms with E-state index in [4.69, 9.17) is 16.3 Å². The van der Waals surface area contributed by atoms with Crippen molar-refractivity contribution in [1.29, 1.82) is 0 Å². The van der Waals surface area contributed by atoms with E-state index in [9.17, 15) is 0 Å². The van der Waals surface area contributed by atoms with E-state index in [2.05, 4.69) is 35.6 Å². The van der Waals surface area contributed by atoms with Crippen LogP contribution in [0.2, 0.25) is 5.02 Å². The van der Waals surface area contributed by atoms with Gasteiger partial charge in [0.05, 0.1) is 7.11 Å². The molecule has 2 aliphatic rings. The van der Waals surface area contributed by atoms with Gasteiger partial charge in [0.1, 0.15) is 5.75 Å². The highest BCUT2D eigenvalue weighted by atomic mass is 35.5. The minimum absolute atomic E-state index is 0.431. The Kier molecular flexibility index (Phi) is 3.59. The molecule has 2 aromatic rings. The first-order valence-electron chi connectivity index (χ1n) is 7.94. The van der Waals surface area contributed by atoms with Crippen molar-refractivity contribution in [3.05, 3.63) is 64.2 Å². The molecule has 0 bridgehead atoms. The monoisotopic (exact) mass is 313 g/mol. The Morgan fingerprint density at radius 1 is 1.09 bits per heavy atom. The van der Waals surface area contributed by atoms with Crippen LogP contribution in [0.1, 0.15) is 41.5 Å². The normalized spacial score (nSPS) is 26.4. The number of nitrogens with one attached hydrogen (secondary N) is 1. The Balaban J connectivity index is 1.84. The average Bonchev–Trinajstić information content (AvgIpc) is 2.89. The smallest absolute Gasteiger partial charge is 0.119 e. The van der Waals surface area contributed by atoms with Gasteiger partial charge in [0.2, 0.25) is 0 Å². The molecule has 1 aliphatic heterocycles. The molecule has 0 saturated carbocycles. The zero-order valence-corrected chi connectivity index (χ0v) is 13.4. The summed E-state index contributed by atoms with van der Waals surface area (Å²) in [5.74, 6) is 1.99. The van der Waals surface area contributed by atoms with Gasteiger partial charge in [0, 0.05) is 17.0 Å². The van der Waals surface area contributed by atoms with E-state index >= 15 is 0 Å². The summed E-state index contributed by atoms with van der Waals surface area (Å²) in [6.07, 6.45) is 2.51. The molecular weight excluding hydrogens is 294 g/mol. The Labute approximate surface area is 136 Å². The lowest BCUT2D eigenvalue weighted by molar-refractivity contribution is 0.287. The molecule has 2 nitrogen and oxygen atoms in total. The van der Waals surface area contributed by atoms with Gasteiger partial charge >= 0.3 is 0 Å². The van der Waals surface area contributed by atoms with E-state index in [-0.39, 0.29) is 0 Å². The molecule has 22 heavy (non-hydrogen) atoms. The maximum Gasteiger partial charge on any atom is 0.119 e. The summed E-state index contributed by atoms with van der Waals surface area (Å²) in [6, 6.07) is 15.3. The van der Waals surface area contributed by atoms with Gasteiger partial charge in [-0.25, -0.2) is 0 Å². The fourth-order valence-corrected chi connectivity index (χ4v) is 4.30. The van der Waals surface area contributed by atoms with Crippen LogP contribution >= 0.6 is 11.6 Å². The quantitative estimate of drug-likeness (QED) is 0.879. The third kappa shape index (κ3) is 2.22. The molecule has 3 heteroatoms. The lowest BCUT2D eigenvalue weighted by Crippen LogP contribution is -2.32. The molecule has 3 atom stereocenters. The minimum Gasteiger partial charge on any atom is -0.497 e. The molecule has 4 rings (SSSR count). The average molecular weight is 314 g/mol. The molecule has 3 unspecified atom stereocenters. The van der Waals surface area contributed by atoms with Crippen LogP contribution in [0.25, 0.3) is 0 Å². The lowest BCUT2D eigenvalue weighted by atomic mass is 9.80. The summed E-state index contributed by atoms with van der Waals surface area (Å²) in [5.41, 5.74) is 4.20. The molecule has 0 radical (unpaired) electrons. The van der Waals surface area contributed by atoms with Crippen molar-refractivity contribution >= 4 is 11.6 Å². The number of benzene rings is 2. The number of rotatable bonds is 2. The maximum absolute atomic E-state index is 6.07. The molecule has 1 N–H and O–H groups in total. The first-order valence-corrected chi connectivity index (χ1v) is 8.32. The topological polar surface area (TPSA) is 21.3 Å². The second kappa shape index (κ2) is 5.60. The third-order valence-corrected chi connectivity index (χ3v) is 5.38. The molecule has 2 aromatic carbocycles. The van der Waals surface area contributed by atoms with Gasteiger partial charge in [-0.3, -0.25) is 0 Å². The fraction of sp³-hybridized carbons (Fsp3) is 0.368. The van der Waals surface area contributed by atoms with Crippen molar-refractivity contribution < 1.29 is 4.74 Å². The Bertz CT molecular complexity index is 682. The molecule has 1 aliphatic carbocycles. The number of piperidine rings is 1. The first-order chi connectivity index (χ1) is 10.8. The van der Waals surface area contributed by atoms with E-state index < -0.39 is 0 Å². The Hall–Kier alpha value is -1.51. The number of fused-ring (bicyclic) bond motifs is 3. The summed E-state index contributed by atoms with van der Waals surface area (Å²) in [5, 5.41) is 4.52. The highest BCUT2D eigenvalue weighted by Gasteiger charge is 2.42. The number of hydrogen-bond donors (Lipinski definition) is 1. The second-order valence-electron chi connectivity index (χ2n) is 6.26. The highest BCUT2D eigenvalue weighted by Crippen LogP contribution is 2.52. The van der Waals surface area contributed by atoms with E-state index in [1.807, 2.05) is 12.1 Å². The van der Waals surface area contributed by atoms with Crippen LogP contribution in [-0.4, -0.2) is 13.7 Å². The zero-order valence-electron chi connectivity index (χ0n) is 12.7. The van der Waals surface area contributed by atoms with Crippen molar-refractivity contribution in [3.63, 3.8) is 0 Å². The van der Waals surface area contributed by atoms with Crippen LogP contribution < -0.4 is 10.1 Å². The van der Waals surface area contributed by atoms with Crippen molar-refractivity contribution in [3.8, 4) is 5.75 Å². The van der Waals surface area contributed by atoms with E-state index in [1.54, 1.807) is 7.11 Å². The predicted octanol–water partition coefficient (Wildman–Crippen LogP) is 4.53. The maximum atomic E-state index is 6.07. The summed E-state index contributed by atoms with van der Waals surface area (Å²) in [6.45, 7) is 1.11. The van der Waals surface area contributed by atoms with Crippen LogP contribution in [0.15, 0.2) is 42.5 Å². The van der Waals surface area contributed by atoms with E-state index in [1.165, 1.54) is 29.5 Å². The SMILES string of the molecule is COc1ccc2c(c1)C(c1ccc(Cl)cc1)C1CCCNC21. The number of hydrogen-bond acceptors (Lipinski definition) is 2. The molecule has 1 heterocycles. The molecule has 0 amide bonds. The van der Waals surface area contributed by atoms with Crippen LogP contribution in [0.5, 0.6) is 5.75 Å². The summed E-state index contributed by atoms with van der Waals surface area (Å²) in [4.78, 5) is 0. The van der Waals surface area contributed by atoms with Gasteiger partial charge in [0.15, 0.2) is 0 Å². The zero-order chi connectivity index (χ0) is 15.1. The van der Waals surface area contributed by atoms with Crippen molar-refractivity contribution in [2.45, 2.75) is 24.8 Å². The molecule has 1 saturated heterocycles. The van der Waals surface area contributed by atoms with Gasteiger partial charge in [-0.1, -0.05) is 29.8 Å². The standard InChI is InChI=1S/C19H20ClNO/c1-22-14-8-9-15-17(11-14)18(12-4-6-13(20)7-5-12)16-3-2-10-21-19(15)16/h4-9,11,16,18-19,21H,2-3,10H2,1H3. The predicted molar refractivity (Wildman–Crippen MR) is 89.8 cm³/mol. The number of methoxy groups -OCH3 is 1. The molecular formula is C19H20ClNO. The van der Waals surface area contributed by atoms with E-state index in [0.717, 1.165) is 17.3 Å². The van der Waals surface area contributed by atoms with E-state index in [0.29, 0.717) is 17.9 Å². The van der Waals surface area contributed by atoms with Crippen LogP contribution in [0.3, 0.4) is 0 Å². The number of ether oxygens (including phenoxy) is 1. The molecule has 1 fully saturated rings. The molecule has 0 aromatic heterocycles. The van der Waals surface area contributed by atoms with Gasteiger partial charge in [-0.15, -0.1) is 0 Å². The first kappa shape index (κ1) is 14.1. The Morgan fingerprint density at radius 2 is 1.91 bits per heavy atom. The summed E-state index contributed by atoms with van der Waals surface area (Å²) < 4.78 is 5.45. The third-order valence-electron chi connectivity index (χ3n) is 5.13. The second-order valence-corrected chi connectivity index (χ2v) is 6.70. The Morgan fingerprint density at radius 3 is 2.68 bits per heavy atom. The van der Waals surface area contributed by atoms with Crippen molar-refractivity contribution in [1.82, 2.24) is 5.32 Å². The van der Waals surface area contributed by atoms with Gasteiger partial charge in [-0.2, -0.15) is 0 Å². The molecule has 0 spiro atoms. The summed E-state index contributed by atoms with van der Waals surface area (Å²) in [7, 11) is 1.74. The van der Waals surface area contributed by atoms with Crippen LogP contribution in [-0.2, 0) is 0 Å². The minimum atomic E-state index is 0.431. The van der Waals surface area contributed by atoms with Crippen LogP contribution in [0.4, 0.5) is 0 Å². The largest absolute Gasteiger partial charge is 0.497 e. The lowest BCUT2D eigenvalue weighted by Gasteiger charge is -2.31. The van der Waals surface area contributed by atoms with Gasteiger partial charge in [-0.05, 0) is 66.3 Å². The fourth-order valence-electron chi connectivity index (χ4n) is 4.17. The van der Waals surface area contributed by atoms with Crippen molar-refractivity contribution in [2.24, 2.45) is 5.92 Å².